The van der Waals surface area contributed by atoms with Crippen LogP contribution in [-0.2, 0) is 4.74 Å². The molecule has 1 N–H and O–H groups in total. The molecule has 1 fully saturated rings. The number of hydrogen-bond acceptors (Lipinski definition) is 3. The molecule has 0 aromatic carbocycles. The highest BCUT2D eigenvalue weighted by Gasteiger charge is 2.25. The van der Waals surface area contributed by atoms with Crippen molar-refractivity contribution in [1.29, 1.82) is 0 Å². The Morgan fingerprint density at radius 3 is 2.28 bits per heavy atom. The monoisotopic (exact) mass is 256 g/mol. The molecule has 0 saturated heterocycles. The topological polar surface area (TPSA) is 41.6 Å². The number of nitrogens with zero attached hydrogens (tertiary/aromatic N) is 1. The van der Waals surface area contributed by atoms with Crippen molar-refractivity contribution in [3.8, 4) is 0 Å². The van der Waals surface area contributed by atoms with Crippen molar-refractivity contribution >= 4 is 6.09 Å². The van der Waals surface area contributed by atoms with Gasteiger partial charge in [-0.1, -0.05) is 0 Å². The van der Waals surface area contributed by atoms with Crippen molar-refractivity contribution in [2.45, 2.75) is 58.1 Å². The van der Waals surface area contributed by atoms with E-state index in [4.69, 9.17) is 4.74 Å². The lowest BCUT2D eigenvalue weighted by molar-refractivity contribution is 0.0260. The summed E-state index contributed by atoms with van der Waals surface area (Å²) in [5.41, 5.74) is -0.408. The van der Waals surface area contributed by atoms with Gasteiger partial charge in [-0.3, -0.25) is 0 Å². The van der Waals surface area contributed by atoms with Crippen LogP contribution in [0, 0.1) is 5.92 Å². The smallest absolute Gasteiger partial charge is 0.410 e. The van der Waals surface area contributed by atoms with E-state index in [2.05, 4.69) is 5.32 Å². The molecule has 4 heteroatoms. The lowest BCUT2D eigenvalue weighted by Gasteiger charge is -2.32. The molecule has 1 aliphatic carbocycles. The van der Waals surface area contributed by atoms with E-state index in [1.54, 1.807) is 4.90 Å². The third-order valence-corrected chi connectivity index (χ3v) is 3.49. The second-order valence-corrected chi connectivity index (χ2v) is 6.37. The minimum Gasteiger partial charge on any atom is -0.444 e. The molecule has 0 spiro atoms. The number of amides is 1. The summed E-state index contributed by atoms with van der Waals surface area (Å²) in [5.74, 6) is 0.618. The van der Waals surface area contributed by atoms with Crippen LogP contribution in [0.3, 0.4) is 0 Å². The second kappa shape index (κ2) is 6.41. The minimum absolute atomic E-state index is 0.210. The quantitative estimate of drug-likeness (QED) is 0.844. The van der Waals surface area contributed by atoms with Crippen LogP contribution in [0.4, 0.5) is 4.79 Å². The molecule has 0 bridgehead atoms. The molecule has 106 valence electrons. The van der Waals surface area contributed by atoms with E-state index >= 15 is 0 Å². The molecule has 0 heterocycles. The van der Waals surface area contributed by atoms with Crippen molar-refractivity contribution in [3.05, 3.63) is 0 Å². The molecule has 4 nitrogen and oxygen atoms in total. The maximum absolute atomic E-state index is 11.8. The average molecular weight is 256 g/mol. The summed E-state index contributed by atoms with van der Waals surface area (Å²) in [6.07, 6.45) is 4.60. The summed E-state index contributed by atoms with van der Waals surface area (Å²) in [4.78, 5) is 13.6. The predicted octanol–water partition coefficient (Wildman–Crippen LogP) is 2.63. The second-order valence-electron chi connectivity index (χ2n) is 6.37. The Morgan fingerprint density at radius 2 is 1.83 bits per heavy atom. The average Bonchev–Trinajstić information content (AvgIpc) is 2.27. The molecule has 0 aromatic heterocycles. The van der Waals surface area contributed by atoms with Gasteiger partial charge in [-0.2, -0.15) is 0 Å². The fraction of sp³-hybridized carbons (Fsp3) is 0.929. The lowest BCUT2D eigenvalue weighted by atomic mass is 9.86. The predicted molar refractivity (Wildman–Crippen MR) is 73.7 cm³/mol. The summed E-state index contributed by atoms with van der Waals surface area (Å²) in [6, 6.07) is 0.660. The highest BCUT2D eigenvalue weighted by molar-refractivity contribution is 5.67. The summed E-state index contributed by atoms with van der Waals surface area (Å²) >= 11 is 0. The third kappa shape index (κ3) is 5.25. The fourth-order valence-corrected chi connectivity index (χ4v) is 2.44. The number of rotatable bonds is 3. The number of hydrogen-bond donors (Lipinski definition) is 1. The van der Waals surface area contributed by atoms with Gasteiger partial charge in [0.15, 0.2) is 0 Å². The van der Waals surface area contributed by atoms with Crippen molar-refractivity contribution in [1.82, 2.24) is 10.2 Å². The molecule has 1 aliphatic rings. The van der Waals surface area contributed by atoms with Gasteiger partial charge in [0.1, 0.15) is 5.60 Å². The Kier molecular flexibility index (Phi) is 5.45. The summed E-state index contributed by atoms with van der Waals surface area (Å²) in [5, 5.41) is 3.33. The molecule has 0 aromatic rings. The Labute approximate surface area is 111 Å². The van der Waals surface area contributed by atoms with E-state index in [0.717, 1.165) is 6.54 Å². The fourth-order valence-electron chi connectivity index (χ4n) is 2.44. The van der Waals surface area contributed by atoms with Gasteiger partial charge in [-0.25, -0.2) is 4.79 Å². The first kappa shape index (κ1) is 15.3. The number of nitrogens with one attached hydrogen (secondary N) is 1. The van der Waals surface area contributed by atoms with Gasteiger partial charge in [0, 0.05) is 19.6 Å². The van der Waals surface area contributed by atoms with E-state index in [0.29, 0.717) is 12.0 Å². The Morgan fingerprint density at radius 1 is 1.28 bits per heavy atom. The van der Waals surface area contributed by atoms with E-state index in [9.17, 15) is 4.79 Å². The largest absolute Gasteiger partial charge is 0.444 e. The molecule has 0 atom stereocenters. The van der Waals surface area contributed by atoms with Crippen molar-refractivity contribution < 1.29 is 9.53 Å². The summed E-state index contributed by atoms with van der Waals surface area (Å²) in [7, 11) is 3.86. The highest BCUT2D eigenvalue weighted by Crippen LogP contribution is 2.25. The molecular formula is C14H28N2O2. The Balaban J connectivity index is 2.32. The van der Waals surface area contributed by atoms with Gasteiger partial charge in [-0.05, 0) is 59.4 Å². The van der Waals surface area contributed by atoms with Gasteiger partial charge in [0.25, 0.3) is 0 Å². The number of carbonyl (C=O) groups excluding carboxylic acids is 1. The molecule has 1 rings (SSSR count). The molecular weight excluding hydrogens is 228 g/mol. The van der Waals surface area contributed by atoms with Crippen LogP contribution < -0.4 is 5.32 Å². The van der Waals surface area contributed by atoms with Gasteiger partial charge < -0.3 is 15.0 Å². The van der Waals surface area contributed by atoms with Crippen LogP contribution in [-0.4, -0.2) is 43.3 Å². The zero-order valence-electron chi connectivity index (χ0n) is 12.5. The molecule has 0 radical (unpaired) electrons. The minimum atomic E-state index is -0.408. The van der Waals surface area contributed by atoms with Crippen LogP contribution in [0.15, 0.2) is 0 Å². The molecule has 1 saturated carbocycles. The summed E-state index contributed by atoms with van der Waals surface area (Å²) < 4.78 is 5.36. The highest BCUT2D eigenvalue weighted by atomic mass is 16.6. The Bertz CT molecular complexity index is 265. The van der Waals surface area contributed by atoms with E-state index < -0.39 is 5.60 Å². The molecule has 18 heavy (non-hydrogen) atoms. The number of carbonyl (C=O) groups is 1. The molecule has 0 aliphatic heterocycles. The van der Waals surface area contributed by atoms with Gasteiger partial charge in [0.2, 0.25) is 0 Å². The van der Waals surface area contributed by atoms with Crippen molar-refractivity contribution in [2.24, 2.45) is 5.92 Å². The zero-order chi connectivity index (χ0) is 13.8. The Hall–Kier alpha value is -0.770. The molecule has 0 unspecified atom stereocenters. The first-order valence-electron chi connectivity index (χ1n) is 6.93. The van der Waals surface area contributed by atoms with Crippen LogP contribution in [0.5, 0.6) is 0 Å². The van der Waals surface area contributed by atoms with Crippen LogP contribution in [0.2, 0.25) is 0 Å². The first-order valence-corrected chi connectivity index (χ1v) is 6.93. The zero-order valence-corrected chi connectivity index (χ0v) is 12.5. The molecule has 1 amide bonds. The standard InChI is InChI=1S/C14H28N2O2/c1-14(2,3)18-13(17)16(5)10-11-6-8-12(15-4)9-7-11/h11-12,15H,6-10H2,1-5H3. The van der Waals surface area contributed by atoms with Gasteiger partial charge in [0.05, 0.1) is 0 Å². The number of ether oxygens (including phenoxy) is 1. The van der Waals surface area contributed by atoms with Crippen LogP contribution in [0.25, 0.3) is 0 Å². The maximum atomic E-state index is 11.8. The van der Waals surface area contributed by atoms with Gasteiger partial charge in [-0.15, -0.1) is 0 Å². The maximum Gasteiger partial charge on any atom is 0.410 e. The van der Waals surface area contributed by atoms with Crippen LogP contribution >= 0.6 is 0 Å². The SMILES string of the molecule is CNC1CCC(CN(C)C(=O)OC(C)(C)C)CC1. The van der Waals surface area contributed by atoms with E-state index in [1.165, 1.54) is 25.7 Å². The van der Waals surface area contributed by atoms with Gasteiger partial charge >= 0.3 is 6.09 Å². The normalized spacial score (nSPS) is 24.7. The first-order chi connectivity index (χ1) is 8.31. The van der Waals surface area contributed by atoms with E-state index in [-0.39, 0.29) is 6.09 Å². The lowest BCUT2D eigenvalue weighted by Crippen LogP contribution is -2.39. The van der Waals surface area contributed by atoms with E-state index in [1.807, 2.05) is 34.9 Å². The summed E-state index contributed by atoms with van der Waals surface area (Å²) in [6.45, 7) is 6.51. The van der Waals surface area contributed by atoms with Crippen LogP contribution in [0.1, 0.15) is 46.5 Å². The van der Waals surface area contributed by atoms with Crippen molar-refractivity contribution in [2.75, 3.05) is 20.6 Å². The third-order valence-electron chi connectivity index (χ3n) is 3.49. The van der Waals surface area contributed by atoms with Crippen molar-refractivity contribution in [3.63, 3.8) is 0 Å².